The molecule has 1 aromatic carbocycles. The Balaban J connectivity index is 2.77. The van der Waals surface area contributed by atoms with Gasteiger partial charge >= 0.3 is 5.69 Å². The molecule has 0 aliphatic carbocycles. The Hall–Kier alpha value is -2.47. The average molecular weight is 344 g/mol. The maximum absolute atomic E-state index is 13.2. The molecule has 6 nitrogen and oxygen atoms in total. The van der Waals surface area contributed by atoms with Crippen molar-refractivity contribution in [3.63, 3.8) is 0 Å². The van der Waals surface area contributed by atoms with Crippen LogP contribution in [0.25, 0.3) is 0 Å². The van der Waals surface area contributed by atoms with Gasteiger partial charge in [-0.3, -0.25) is 19.1 Å². The van der Waals surface area contributed by atoms with Gasteiger partial charge in [-0.2, -0.15) is 0 Å². The number of aryl methyl sites for hydroxylation is 2. The standard InChI is InChI=1S/C19H24N2O4/c1-11(2)15-16(17(22)14-9-12(3)8-13(4)10-14)21(6-7-25-5)19(24)20-18(15)23/h8-11H,6-7H2,1-5H3,(H,20,23,24). The molecule has 0 saturated heterocycles. The van der Waals surface area contributed by atoms with Crippen molar-refractivity contribution in [3.05, 3.63) is 67.0 Å². The number of rotatable bonds is 6. The van der Waals surface area contributed by atoms with Gasteiger partial charge in [0.25, 0.3) is 5.56 Å². The lowest BCUT2D eigenvalue weighted by Crippen LogP contribution is -2.38. The fourth-order valence-electron chi connectivity index (χ4n) is 3.01. The van der Waals surface area contributed by atoms with Crippen LogP contribution >= 0.6 is 0 Å². The number of carbonyl (C=O) groups is 1. The summed E-state index contributed by atoms with van der Waals surface area (Å²) in [6.07, 6.45) is 0. The molecule has 0 amide bonds. The number of methoxy groups -OCH3 is 1. The maximum atomic E-state index is 13.2. The van der Waals surface area contributed by atoms with E-state index in [2.05, 4.69) is 4.98 Å². The van der Waals surface area contributed by atoms with Crippen molar-refractivity contribution in [2.45, 2.75) is 40.2 Å². The Morgan fingerprint density at radius 2 is 1.76 bits per heavy atom. The fraction of sp³-hybridized carbons (Fsp3) is 0.421. The number of nitrogens with zero attached hydrogens (tertiary/aromatic N) is 1. The highest BCUT2D eigenvalue weighted by Gasteiger charge is 2.24. The van der Waals surface area contributed by atoms with E-state index in [0.29, 0.717) is 11.1 Å². The summed E-state index contributed by atoms with van der Waals surface area (Å²) >= 11 is 0. The molecule has 1 N–H and O–H groups in total. The molecule has 0 unspecified atom stereocenters. The SMILES string of the molecule is COCCn1c(C(=O)c2cc(C)cc(C)c2)c(C(C)C)c(=O)[nH]c1=O. The van der Waals surface area contributed by atoms with Gasteiger partial charge in [0.2, 0.25) is 5.78 Å². The van der Waals surface area contributed by atoms with Gasteiger partial charge in [-0.15, -0.1) is 0 Å². The molecule has 0 aliphatic heterocycles. The van der Waals surface area contributed by atoms with Crippen LogP contribution in [0.4, 0.5) is 0 Å². The van der Waals surface area contributed by atoms with Gasteiger partial charge in [-0.25, -0.2) is 4.79 Å². The summed E-state index contributed by atoms with van der Waals surface area (Å²) in [4.78, 5) is 40.2. The van der Waals surface area contributed by atoms with Gasteiger partial charge in [0.1, 0.15) is 5.69 Å². The van der Waals surface area contributed by atoms with Crippen LogP contribution in [-0.4, -0.2) is 29.1 Å². The molecule has 0 spiro atoms. The summed E-state index contributed by atoms with van der Waals surface area (Å²) < 4.78 is 6.35. The van der Waals surface area contributed by atoms with Gasteiger partial charge in [-0.05, 0) is 31.9 Å². The molecule has 0 radical (unpaired) electrons. The first kappa shape index (κ1) is 18.9. The molecular weight excluding hydrogens is 320 g/mol. The minimum absolute atomic E-state index is 0.144. The van der Waals surface area contributed by atoms with E-state index >= 15 is 0 Å². The minimum atomic E-state index is -0.598. The van der Waals surface area contributed by atoms with Gasteiger partial charge in [-0.1, -0.05) is 31.0 Å². The Morgan fingerprint density at radius 1 is 1.16 bits per heavy atom. The molecule has 134 valence electrons. The van der Waals surface area contributed by atoms with Crippen molar-refractivity contribution >= 4 is 5.78 Å². The van der Waals surface area contributed by atoms with Crippen molar-refractivity contribution in [1.82, 2.24) is 9.55 Å². The predicted octanol–water partition coefficient (Wildman–Crippen LogP) is 2.15. The number of carbonyl (C=O) groups excluding carboxylic acids is 1. The Kier molecular flexibility index (Phi) is 5.74. The highest BCUT2D eigenvalue weighted by atomic mass is 16.5. The highest BCUT2D eigenvalue weighted by Crippen LogP contribution is 2.19. The normalized spacial score (nSPS) is 11.1. The van der Waals surface area contributed by atoms with Crippen molar-refractivity contribution in [2.24, 2.45) is 0 Å². The van der Waals surface area contributed by atoms with Crippen molar-refractivity contribution in [2.75, 3.05) is 13.7 Å². The van der Waals surface area contributed by atoms with Crippen molar-refractivity contribution in [1.29, 1.82) is 0 Å². The number of hydrogen-bond donors (Lipinski definition) is 1. The lowest BCUT2D eigenvalue weighted by molar-refractivity contribution is 0.102. The maximum Gasteiger partial charge on any atom is 0.329 e. The molecule has 1 heterocycles. The van der Waals surface area contributed by atoms with Crippen molar-refractivity contribution < 1.29 is 9.53 Å². The monoisotopic (exact) mass is 344 g/mol. The van der Waals surface area contributed by atoms with E-state index < -0.39 is 11.2 Å². The number of benzene rings is 1. The first-order valence-corrected chi connectivity index (χ1v) is 8.25. The van der Waals surface area contributed by atoms with E-state index in [1.807, 2.05) is 33.8 Å². The molecule has 1 aromatic heterocycles. The third-order valence-corrected chi connectivity index (χ3v) is 4.03. The summed E-state index contributed by atoms with van der Waals surface area (Å²) in [6.45, 7) is 7.92. The molecule has 0 atom stereocenters. The second kappa shape index (κ2) is 7.61. The first-order valence-electron chi connectivity index (χ1n) is 8.25. The van der Waals surface area contributed by atoms with E-state index in [9.17, 15) is 14.4 Å². The smallest absolute Gasteiger partial charge is 0.329 e. The van der Waals surface area contributed by atoms with E-state index in [0.717, 1.165) is 11.1 Å². The van der Waals surface area contributed by atoms with Gasteiger partial charge in [0.15, 0.2) is 0 Å². The van der Waals surface area contributed by atoms with Crippen LogP contribution < -0.4 is 11.2 Å². The second-order valence-corrected chi connectivity index (χ2v) is 6.53. The van der Waals surface area contributed by atoms with Crippen LogP contribution in [0.5, 0.6) is 0 Å². The lowest BCUT2D eigenvalue weighted by atomic mass is 9.95. The topological polar surface area (TPSA) is 81.2 Å². The number of aromatic amines is 1. The largest absolute Gasteiger partial charge is 0.383 e. The van der Waals surface area contributed by atoms with E-state index in [1.165, 1.54) is 11.7 Å². The summed E-state index contributed by atoms with van der Waals surface area (Å²) in [5.74, 6) is -0.530. The Morgan fingerprint density at radius 3 is 2.28 bits per heavy atom. The third kappa shape index (κ3) is 3.96. The Bertz CT molecular complexity index is 886. The van der Waals surface area contributed by atoms with E-state index in [-0.39, 0.29) is 30.5 Å². The summed E-state index contributed by atoms with van der Waals surface area (Å²) in [5.41, 5.74) is 1.72. The second-order valence-electron chi connectivity index (χ2n) is 6.53. The van der Waals surface area contributed by atoms with Gasteiger partial charge < -0.3 is 4.74 Å². The number of ketones is 1. The lowest BCUT2D eigenvalue weighted by Gasteiger charge is -2.17. The van der Waals surface area contributed by atoms with Crippen molar-refractivity contribution in [3.8, 4) is 0 Å². The number of nitrogens with one attached hydrogen (secondary N) is 1. The zero-order chi connectivity index (χ0) is 18.7. The number of ether oxygens (including phenoxy) is 1. The molecule has 0 saturated carbocycles. The van der Waals surface area contributed by atoms with Gasteiger partial charge in [0.05, 0.1) is 13.2 Å². The number of aromatic nitrogens is 2. The molecule has 25 heavy (non-hydrogen) atoms. The molecule has 6 heteroatoms. The predicted molar refractivity (Wildman–Crippen MR) is 96.6 cm³/mol. The Labute approximate surface area is 146 Å². The van der Waals surface area contributed by atoms with Crippen LogP contribution in [0.3, 0.4) is 0 Å². The summed E-state index contributed by atoms with van der Waals surface area (Å²) in [7, 11) is 1.52. The molecule has 2 rings (SSSR count). The third-order valence-electron chi connectivity index (χ3n) is 4.03. The van der Waals surface area contributed by atoms with Crippen LogP contribution in [0.2, 0.25) is 0 Å². The summed E-state index contributed by atoms with van der Waals surface area (Å²) in [6, 6.07) is 5.51. The zero-order valence-electron chi connectivity index (χ0n) is 15.3. The summed E-state index contributed by atoms with van der Waals surface area (Å²) in [5, 5.41) is 0. The molecule has 0 aliphatic rings. The van der Waals surface area contributed by atoms with Crippen LogP contribution in [0.15, 0.2) is 27.8 Å². The van der Waals surface area contributed by atoms with Gasteiger partial charge in [0, 0.05) is 18.2 Å². The minimum Gasteiger partial charge on any atom is -0.383 e. The molecular formula is C19H24N2O4. The van der Waals surface area contributed by atoms with Crippen LogP contribution in [0.1, 0.15) is 52.5 Å². The average Bonchev–Trinajstić information content (AvgIpc) is 2.51. The quantitative estimate of drug-likeness (QED) is 0.814. The first-order chi connectivity index (χ1) is 11.8. The number of H-pyrrole nitrogens is 1. The highest BCUT2D eigenvalue weighted by molar-refractivity contribution is 6.09. The molecule has 2 aromatic rings. The fourth-order valence-corrected chi connectivity index (χ4v) is 3.01. The van der Waals surface area contributed by atoms with Crippen LogP contribution in [-0.2, 0) is 11.3 Å². The molecule has 0 fully saturated rings. The number of hydrogen-bond acceptors (Lipinski definition) is 4. The van der Waals surface area contributed by atoms with E-state index in [4.69, 9.17) is 4.74 Å². The van der Waals surface area contributed by atoms with E-state index in [1.54, 1.807) is 12.1 Å². The van der Waals surface area contributed by atoms with Crippen LogP contribution in [0, 0.1) is 13.8 Å². The molecule has 0 bridgehead atoms. The zero-order valence-corrected chi connectivity index (χ0v) is 15.3.